The van der Waals surface area contributed by atoms with Gasteiger partial charge in [-0.05, 0) is 31.2 Å². The summed E-state index contributed by atoms with van der Waals surface area (Å²) in [5.74, 6) is -0.126. The number of ether oxygens (including phenoxy) is 1. The summed E-state index contributed by atoms with van der Waals surface area (Å²) in [6.07, 6.45) is 1.48. The van der Waals surface area contributed by atoms with Gasteiger partial charge in [0.05, 0.1) is 24.1 Å². The predicted molar refractivity (Wildman–Crippen MR) is 76.5 cm³/mol. The average molecular weight is 293 g/mol. The molecule has 2 rings (SSSR count). The number of hydrogen-bond acceptors (Lipinski definition) is 4. The van der Waals surface area contributed by atoms with E-state index in [9.17, 15) is 9.90 Å². The van der Waals surface area contributed by atoms with Gasteiger partial charge in [-0.15, -0.1) is 0 Å². The van der Waals surface area contributed by atoms with E-state index in [4.69, 9.17) is 16.3 Å². The number of aromatic hydroxyl groups is 1. The summed E-state index contributed by atoms with van der Waals surface area (Å²) in [5, 5.41) is 12.7. The summed E-state index contributed by atoms with van der Waals surface area (Å²) in [6, 6.07) is 7.62. The summed E-state index contributed by atoms with van der Waals surface area (Å²) < 4.78 is 5.20. The molecule has 6 heteroatoms. The number of phenolic OH excluding ortho intramolecular Hbond substituents is 1. The number of nitrogens with one attached hydrogen (secondary N) is 1. The Kier molecular flexibility index (Phi) is 4.42. The Morgan fingerprint density at radius 2 is 2.20 bits per heavy atom. The lowest BCUT2D eigenvalue weighted by molar-refractivity contribution is 0.102. The molecule has 0 radical (unpaired) electrons. The minimum Gasteiger partial charge on any atom is -0.507 e. The van der Waals surface area contributed by atoms with E-state index in [2.05, 4.69) is 10.3 Å². The molecule has 1 aromatic carbocycles. The van der Waals surface area contributed by atoms with Crippen LogP contribution < -0.4 is 10.1 Å². The number of benzene rings is 1. The third-order valence-electron chi connectivity index (χ3n) is 2.49. The molecule has 0 saturated heterocycles. The Morgan fingerprint density at radius 1 is 1.40 bits per heavy atom. The van der Waals surface area contributed by atoms with Crippen LogP contribution in [0, 0.1) is 0 Å². The number of rotatable bonds is 4. The Balaban J connectivity index is 2.11. The number of aromatic nitrogens is 1. The third kappa shape index (κ3) is 3.39. The minimum atomic E-state index is -0.440. The van der Waals surface area contributed by atoms with E-state index in [-0.39, 0.29) is 11.3 Å². The molecule has 0 atom stereocenters. The quantitative estimate of drug-likeness (QED) is 0.908. The van der Waals surface area contributed by atoms with Gasteiger partial charge in [0.15, 0.2) is 0 Å². The predicted octanol–water partition coefficient (Wildman–Crippen LogP) is 3.09. The molecule has 2 N–H and O–H groups in total. The fraction of sp³-hybridized carbons (Fsp3) is 0.143. The zero-order chi connectivity index (χ0) is 14.5. The molecule has 0 aliphatic rings. The maximum Gasteiger partial charge on any atom is 0.259 e. The Hall–Kier alpha value is -2.27. The Morgan fingerprint density at radius 3 is 2.80 bits per heavy atom. The average Bonchev–Trinajstić information content (AvgIpc) is 2.41. The molecule has 5 nitrogen and oxygen atoms in total. The van der Waals surface area contributed by atoms with Crippen LogP contribution in [0.3, 0.4) is 0 Å². The zero-order valence-corrected chi connectivity index (χ0v) is 11.5. The molecule has 1 heterocycles. The van der Waals surface area contributed by atoms with Crippen molar-refractivity contribution < 1.29 is 14.6 Å². The zero-order valence-electron chi connectivity index (χ0n) is 10.8. The highest BCUT2D eigenvalue weighted by atomic mass is 35.5. The number of nitrogens with zero attached hydrogens (tertiary/aromatic N) is 1. The first-order valence-electron chi connectivity index (χ1n) is 5.99. The van der Waals surface area contributed by atoms with Gasteiger partial charge in [0.2, 0.25) is 5.88 Å². The molecule has 1 aromatic heterocycles. The van der Waals surface area contributed by atoms with Crippen molar-refractivity contribution in [2.75, 3.05) is 11.9 Å². The molecule has 104 valence electrons. The normalized spacial score (nSPS) is 10.1. The van der Waals surface area contributed by atoms with E-state index in [1.54, 1.807) is 12.1 Å². The summed E-state index contributed by atoms with van der Waals surface area (Å²) >= 11 is 5.71. The van der Waals surface area contributed by atoms with Crippen molar-refractivity contribution in [3.05, 3.63) is 47.1 Å². The molecular formula is C14H13ClN2O3. The molecule has 0 aliphatic carbocycles. The van der Waals surface area contributed by atoms with Gasteiger partial charge < -0.3 is 15.2 Å². The lowest BCUT2D eigenvalue weighted by atomic mass is 10.2. The molecule has 0 bridgehead atoms. The van der Waals surface area contributed by atoms with E-state index in [1.807, 2.05) is 6.92 Å². The number of carbonyl (C=O) groups is 1. The molecule has 1 amide bonds. The summed E-state index contributed by atoms with van der Waals surface area (Å²) in [7, 11) is 0. The number of phenols is 1. The number of carbonyl (C=O) groups excluding carboxylic acids is 1. The number of anilines is 1. The van der Waals surface area contributed by atoms with Gasteiger partial charge in [-0.2, -0.15) is 0 Å². The topological polar surface area (TPSA) is 71.5 Å². The maximum atomic E-state index is 12.0. The second-order valence-corrected chi connectivity index (χ2v) is 4.37. The van der Waals surface area contributed by atoms with Crippen LogP contribution in [-0.2, 0) is 0 Å². The summed E-state index contributed by atoms with van der Waals surface area (Å²) in [6.45, 7) is 2.39. The first kappa shape index (κ1) is 14.1. The highest BCUT2D eigenvalue weighted by Crippen LogP contribution is 2.23. The van der Waals surface area contributed by atoms with Crippen LogP contribution >= 0.6 is 11.6 Å². The van der Waals surface area contributed by atoms with Gasteiger partial charge >= 0.3 is 0 Å². The van der Waals surface area contributed by atoms with Gasteiger partial charge in [0, 0.05) is 11.1 Å². The van der Waals surface area contributed by atoms with Crippen LogP contribution in [0.1, 0.15) is 17.3 Å². The number of pyridine rings is 1. The number of hydrogen-bond donors (Lipinski definition) is 2. The van der Waals surface area contributed by atoms with E-state index < -0.39 is 5.91 Å². The highest BCUT2D eigenvalue weighted by Gasteiger charge is 2.11. The van der Waals surface area contributed by atoms with Crippen molar-refractivity contribution >= 4 is 23.2 Å². The minimum absolute atomic E-state index is 0.142. The first-order valence-corrected chi connectivity index (χ1v) is 6.36. The van der Waals surface area contributed by atoms with Crippen molar-refractivity contribution in [3.8, 4) is 11.6 Å². The Bertz CT molecular complexity index is 614. The molecule has 20 heavy (non-hydrogen) atoms. The largest absolute Gasteiger partial charge is 0.507 e. The molecule has 0 unspecified atom stereocenters. The van der Waals surface area contributed by atoms with Crippen molar-refractivity contribution in [2.24, 2.45) is 0 Å². The van der Waals surface area contributed by atoms with Crippen molar-refractivity contribution in [3.63, 3.8) is 0 Å². The number of halogens is 1. The molecule has 2 aromatic rings. The lowest BCUT2D eigenvalue weighted by Crippen LogP contribution is -2.12. The van der Waals surface area contributed by atoms with Gasteiger partial charge in [-0.1, -0.05) is 11.6 Å². The van der Waals surface area contributed by atoms with Gasteiger partial charge in [0.25, 0.3) is 5.91 Å². The van der Waals surface area contributed by atoms with Crippen LogP contribution in [0.15, 0.2) is 36.5 Å². The van der Waals surface area contributed by atoms with Crippen LogP contribution in [0.5, 0.6) is 11.6 Å². The second-order valence-electron chi connectivity index (χ2n) is 3.93. The molecule has 0 saturated carbocycles. The number of amides is 1. The summed E-state index contributed by atoms with van der Waals surface area (Å²) in [5.41, 5.74) is 0.649. The Labute approximate surface area is 121 Å². The van der Waals surface area contributed by atoms with Crippen LogP contribution in [0.2, 0.25) is 5.02 Å². The fourth-order valence-electron chi connectivity index (χ4n) is 1.58. The van der Waals surface area contributed by atoms with Gasteiger partial charge in [-0.3, -0.25) is 4.79 Å². The van der Waals surface area contributed by atoms with Gasteiger partial charge in [0.1, 0.15) is 5.75 Å². The second kappa shape index (κ2) is 6.25. The van der Waals surface area contributed by atoms with Crippen LogP contribution in [-0.4, -0.2) is 22.6 Å². The first-order chi connectivity index (χ1) is 9.60. The monoisotopic (exact) mass is 292 g/mol. The fourth-order valence-corrected chi connectivity index (χ4v) is 1.75. The third-order valence-corrected chi connectivity index (χ3v) is 2.73. The van der Waals surface area contributed by atoms with Crippen molar-refractivity contribution in [1.82, 2.24) is 4.98 Å². The lowest BCUT2D eigenvalue weighted by Gasteiger charge is -2.07. The maximum absolute atomic E-state index is 12.0. The SMILES string of the molecule is CCOc1ccc(NC(=O)c2ccc(Cl)cc2O)cn1. The van der Waals surface area contributed by atoms with E-state index in [0.717, 1.165) is 0 Å². The van der Waals surface area contributed by atoms with Crippen LogP contribution in [0.25, 0.3) is 0 Å². The molecule has 0 aliphatic heterocycles. The van der Waals surface area contributed by atoms with E-state index in [0.29, 0.717) is 23.2 Å². The molecular weight excluding hydrogens is 280 g/mol. The van der Waals surface area contributed by atoms with E-state index >= 15 is 0 Å². The van der Waals surface area contributed by atoms with Crippen molar-refractivity contribution in [2.45, 2.75) is 6.92 Å². The molecule has 0 spiro atoms. The smallest absolute Gasteiger partial charge is 0.259 e. The standard InChI is InChI=1S/C14H13ClN2O3/c1-2-20-13-6-4-10(8-16-13)17-14(19)11-5-3-9(15)7-12(11)18/h3-8,18H,2H2,1H3,(H,17,19). The molecule has 0 fully saturated rings. The summed E-state index contributed by atoms with van der Waals surface area (Å²) in [4.78, 5) is 16.0. The van der Waals surface area contributed by atoms with E-state index in [1.165, 1.54) is 24.4 Å². The van der Waals surface area contributed by atoms with Crippen LogP contribution in [0.4, 0.5) is 5.69 Å². The highest BCUT2D eigenvalue weighted by molar-refractivity contribution is 6.30. The van der Waals surface area contributed by atoms with Crippen molar-refractivity contribution in [1.29, 1.82) is 0 Å². The van der Waals surface area contributed by atoms with Gasteiger partial charge in [-0.25, -0.2) is 4.98 Å².